The molecule has 0 spiro atoms. The van der Waals surface area contributed by atoms with Gasteiger partial charge in [-0.2, -0.15) is 13.2 Å². The van der Waals surface area contributed by atoms with Gasteiger partial charge in [-0.1, -0.05) is 41.7 Å². The second-order valence-corrected chi connectivity index (χ2v) is 9.91. The van der Waals surface area contributed by atoms with Crippen molar-refractivity contribution in [1.29, 1.82) is 0 Å². The second-order valence-electron chi connectivity index (χ2n) is 6.74. The van der Waals surface area contributed by atoms with Crippen molar-refractivity contribution in [3.63, 3.8) is 0 Å². The minimum atomic E-state index is -5.06. The summed E-state index contributed by atoms with van der Waals surface area (Å²) in [6.45, 7) is 5.09. The molecule has 0 aromatic heterocycles. The smallest absolute Gasteiger partial charge is 0.348 e. The molecule has 7 nitrogen and oxygen atoms in total. The van der Waals surface area contributed by atoms with Crippen LogP contribution < -0.4 is 5.32 Å². The molecule has 2 heterocycles. The van der Waals surface area contributed by atoms with E-state index in [-0.39, 0.29) is 6.61 Å². The Hall–Kier alpha value is 0.0700. The summed E-state index contributed by atoms with van der Waals surface area (Å²) in [4.78, 5) is 23.2. The van der Waals surface area contributed by atoms with Crippen LogP contribution in [0.15, 0.2) is 0 Å². The molecule has 2 fully saturated rings. The van der Waals surface area contributed by atoms with E-state index in [0.29, 0.717) is 0 Å². The molecule has 28 heavy (non-hydrogen) atoms. The zero-order valence-electron chi connectivity index (χ0n) is 14.8. The molecule has 2 aliphatic rings. The monoisotopic (exact) mass is 489 g/mol. The third kappa shape index (κ3) is 6.04. The van der Waals surface area contributed by atoms with Crippen molar-refractivity contribution < 1.29 is 41.5 Å². The highest BCUT2D eigenvalue weighted by Gasteiger charge is 2.52. The molecule has 0 aromatic carbocycles. The predicted molar refractivity (Wildman–Crippen MR) is 95.4 cm³/mol. The maximum absolute atomic E-state index is 12.5. The minimum Gasteiger partial charge on any atom is -0.348 e. The number of halogens is 6. The van der Waals surface area contributed by atoms with E-state index in [9.17, 15) is 22.8 Å². The molecule has 14 heteroatoms. The van der Waals surface area contributed by atoms with Gasteiger partial charge in [-0.3, -0.25) is 9.59 Å². The summed E-state index contributed by atoms with van der Waals surface area (Å²) in [5.74, 6) is -2.50. The molecule has 1 amide bonds. The van der Waals surface area contributed by atoms with Crippen LogP contribution >= 0.6 is 43.6 Å². The van der Waals surface area contributed by atoms with Crippen LogP contribution in [-0.4, -0.2) is 58.3 Å². The highest BCUT2D eigenvalue weighted by atomic mass is 35.6. The van der Waals surface area contributed by atoms with Crippen molar-refractivity contribution in [3.05, 3.63) is 0 Å². The third-order valence-corrected chi connectivity index (χ3v) is 5.48. The maximum Gasteiger partial charge on any atom is 0.456 e. The van der Waals surface area contributed by atoms with E-state index in [2.05, 4.69) is 5.32 Å². The van der Waals surface area contributed by atoms with Crippen molar-refractivity contribution >= 4 is 55.0 Å². The molecule has 0 aromatic rings. The van der Waals surface area contributed by atoms with Gasteiger partial charge in [0, 0.05) is 5.92 Å². The van der Waals surface area contributed by atoms with E-state index in [1.54, 1.807) is 20.8 Å². The van der Waals surface area contributed by atoms with Crippen LogP contribution in [-0.2, 0) is 28.3 Å². The van der Waals surface area contributed by atoms with E-state index in [0.717, 1.165) is 0 Å². The van der Waals surface area contributed by atoms with Crippen LogP contribution in [0.1, 0.15) is 20.8 Å². The lowest BCUT2D eigenvalue weighted by molar-refractivity contribution is -0.353. The van der Waals surface area contributed by atoms with Crippen LogP contribution in [0, 0.1) is 5.92 Å². The first-order chi connectivity index (χ1) is 12.6. The first-order valence-corrected chi connectivity index (χ1v) is 10.0. The molecule has 0 bridgehead atoms. The minimum absolute atomic E-state index is 0.0727. The number of carbonyl (C=O) groups is 2. The number of hydrogen-bond donors (Lipinski definition) is 1. The van der Waals surface area contributed by atoms with E-state index in [1.165, 1.54) is 0 Å². The standard InChI is InChI=1S/C14H18Cl3F3NO6P/c1-5-7(21-10(22)13(15,16)17)9(27-28-11(23)14(18,19)20)25-6-4-24-12(2,3)26-8(5)6/h5-9,28H,4H2,1-3H3,(H,21,22)/t5-,6?,7?,8+,9?/m1/s1. The van der Waals surface area contributed by atoms with Gasteiger partial charge in [0.1, 0.15) is 6.10 Å². The number of hydrogen-bond acceptors (Lipinski definition) is 6. The lowest BCUT2D eigenvalue weighted by Gasteiger charge is -2.50. The molecular weight excluding hydrogens is 472 g/mol. The lowest BCUT2D eigenvalue weighted by atomic mass is 9.87. The number of fused-ring (bicyclic) bond motifs is 1. The number of ether oxygens (including phenoxy) is 3. The fourth-order valence-electron chi connectivity index (χ4n) is 2.79. The van der Waals surface area contributed by atoms with Crippen LogP contribution in [0.2, 0.25) is 0 Å². The Labute approximate surface area is 175 Å². The van der Waals surface area contributed by atoms with Gasteiger partial charge in [0.15, 0.2) is 12.1 Å². The average Bonchev–Trinajstić information content (AvgIpc) is 2.53. The van der Waals surface area contributed by atoms with E-state index in [4.69, 9.17) is 53.5 Å². The Bertz CT molecular complexity index is 618. The predicted octanol–water partition coefficient (Wildman–Crippen LogP) is 3.05. The number of amides is 1. The average molecular weight is 491 g/mol. The molecule has 4 unspecified atom stereocenters. The Morgan fingerprint density at radius 2 is 1.86 bits per heavy atom. The molecule has 162 valence electrons. The zero-order valence-corrected chi connectivity index (χ0v) is 18.1. The van der Waals surface area contributed by atoms with Crippen molar-refractivity contribution in [2.45, 2.75) is 61.1 Å². The molecule has 2 rings (SSSR count). The Balaban J connectivity index is 2.19. The first kappa shape index (κ1) is 24.3. The summed E-state index contributed by atoms with van der Waals surface area (Å²) in [6, 6.07) is -1.05. The summed E-state index contributed by atoms with van der Waals surface area (Å²) in [7, 11) is -1.58. The van der Waals surface area contributed by atoms with Crippen molar-refractivity contribution in [2.24, 2.45) is 5.92 Å². The van der Waals surface area contributed by atoms with Crippen LogP contribution in [0.4, 0.5) is 13.2 Å². The molecule has 1 N–H and O–H groups in total. The van der Waals surface area contributed by atoms with Crippen molar-refractivity contribution in [2.75, 3.05) is 6.61 Å². The summed E-state index contributed by atoms with van der Waals surface area (Å²) in [5, 5.41) is 2.39. The molecule has 6 atom stereocenters. The number of nitrogens with one attached hydrogen (secondary N) is 1. The normalized spacial score (nSPS) is 33.5. The Kier molecular flexibility index (Phi) is 7.54. The summed E-state index contributed by atoms with van der Waals surface area (Å²) in [5.41, 5.74) is -2.07. The van der Waals surface area contributed by atoms with Crippen LogP contribution in [0.3, 0.4) is 0 Å². The van der Waals surface area contributed by atoms with Gasteiger partial charge >= 0.3 is 6.18 Å². The molecule has 2 saturated heterocycles. The SMILES string of the molecule is C[C@@H]1C(NC(=O)C(Cl)(Cl)Cl)C(OPC(=O)C(F)(F)F)OC2COC(C)(C)O[C@H]21. The molecular formula is C14H18Cl3F3NO6P. The van der Waals surface area contributed by atoms with Gasteiger partial charge in [0.05, 0.1) is 27.6 Å². The van der Waals surface area contributed by atoms with Gasteiger partial charge in [0.2, 0.25) is 0 Å². The second kappa shape index (κ2) is 8.67. The molecule has 0 saturated carbocycles. The first-order valence-electron chi connectivity index (χ1n) is 7.99. The van der Waals surface area contributed by atoms with Crippen molar-refractivity contribution in [3.8, 4) is 0 Å². The number of carbonyl (C=O) groups excluding carboxylic acids is 2. The fraction of sp³-hybridized carbons (Fsp3) is 0.857. The van der Waals surface area contributed by atoms with Gasteiger partial charge in [-0.05, 0) is 13.8 Å². The number of alkyl halides is 6. The molecule has 0 aliphatic carbocycles. The fourth-order valence-corrected chi connectivity index (χ4v) is 3.50. The summed E-state index contributed by atoms with van der Waals surface area (Å²) >= 11 is 16.7. The van der Waals surface area contributed by atoms with E-state index >= 15 is 0 Å². The topological polar surface area (TPSA) is 83.1 Å². The quantitative estimate of drug-likeness (QED) is 0.482. The van der Waals surface area contributed by atoms with Gasteiger partial charge in [-0.15, -0.1) is 0 Å². The van der Waals surface area contributed by atoms with Crippen molar-refractivity contribution in [1.82, 2.24) is 5.32 Å². The lowest BCUT2D eigenvalue weighted by Crippen LogP contribution is -2.65. The number of rotatable bonds is 4. The highest BCUT2D eigenvalue weighted by Crippen LogP contribution is 2.39. The van der Waals surface area contributed by atoms with Gasteiger partial charge < -0.3 is 24.1 Å². The largest absolute Gasteiger partial charge is 0.456 e. The maximum atomic E-state index is 12.5. The third-order valence-electron chi connectivity index (χ3n) is 4.15. The zero-order chi connectivity index (χ0) is 21.5. The summed E-state index contributed by atoms with van der Waals surface area (Å²) < 4.78 is 57.1. The Morgan fingerprint density at radius 3 is 2.39 bits per heavy atom. The molecule has 2 aliphatic heterocycles. The van der Waals surface area contributed by atoms with E-state index < -0.39 is 66.5 Å². The van der Waals surface area contributed by atoms with Crippen LogP contribution in [0.5, 0.6) is 0 Å². The Morgan fingerprint density at radius 1 is 1.25 bits per heavy atom. The molecule has 0 radical (unpaired) electrons. The highest BCUT2D eigenvalue weighted by molar-refractivity contribution is 7.53. The van der Waals surface area contributed by atoms with Crippen LogP contribution in [0.25, 0.3) is 0 Å². The van der Waals surface area contributed by atoms with Gasteiger partial charge in [0.25, 0.3) is 15.2 Å². The summed E-state index contributed by atoms with van der Waals surface area (Å²) in [6.07, 6.45) is -7.75. The van der Waals surface area contributed by atoms with E-state index in [1.807, 2.05) is 0 Å². The van der Waals surface area contributed by atoms with Gasteiger partial charge in [-0.25, -0.2) is 0 Å².